The first-order valence-corrected chi connectivity index (χ1v) is 5.65. The molecule has 0 aromatic carbocycles. The van der Waals surface area contributed by atoms with Gasteiger partial charge >= 0.3 is 0 Å². The molecule has 0 amide bonds. The van der Waals surface area contributed by atoms with E-state index in [2.05, 4.69) is 33.9 Å². The molecule has 1 unspecified atom stereocenters. The second kappa shape index (κ2) is 4.65. The lowest BCUT2D eigenvalue weighted by molar-refractivity contribution is 0.247. The number of nitrogens with two attached hydrogens (primary N) is 1. The minimum Gasteiger partial charge on any atom is -0.382 e. The van der Waals surface area contributed by atoms with Gasteiger partial charge in [0.05, 0.1) is 12.4 Å². The van der Waals surface area contributed by atoms with E-state index in [1.165, 1.54) is 19.4 Å². The van der Waals surface area contributed by atoms with Gasteiger partial charge in [0.15, 0.2) is 0 Å². The third-order valence-corrected chi connectivity index (χ3v) is 3.17. The predicted octanol–water partition coefficient (Wildman–Crippen LogP) is 0.589. The SMILES string of the molecule is CN1CCCC(N(C)c2cnc(N)cn2)C1. The van der Waals surface area contributed by atoms with E-state index in [9.17, 15) is 0 Å². The van der Waals surface area contributed by atoms with Gasteiger partial charge < -0.3 is 15.5 Å². The molecule has 1 aromatic rings. The molecule has 1 fully saturated rings. The molecule has 88 valence electrons. The van der Waals surface area contributed by atoms with Crippen LogP contribution in [0.5, 0.6) is 0 Å². The zero-order valence-electron chi connectivity index (χ0n) is 9.93. The zero-order valence-corrected chi connectivity index (χ0v) is 9.93. The summed E-state index contributed by atoms with van der Waals surface area (Å²) in [6, 6.07) is 0.525. The Balaban J connectivity index is 2.06. The van der Waals surface area contributed by atoms with Crippen molar-refractivity contribution in [1.29, 1.82) is 0 Å². The Morgan fingerprint density at radius 1 is 1.44 bits per heavy atom. The Labute approximate surface area is 96.3 Å². The number of piperidine rings is 1. The highest BCUT2D eigenvalue weighted by Crippen LogP contribution is 2.18. The van der Waals surface area contributed by atoms with Crippen molar-refractivity contribution in [3.05, 3.63) is 12.4 Å². The first-order chi connectivity index (χ1) is 7.66. The highest BCUT2D eigenvalue weighted by atomic mass is 15.2. The summed E-state index contributed by atoms with van der Waals surface area (Å²) in [5.74, 6) is 1.37. The van der Waals surface area contributed by atoms with Gasteiger partial charge in [-0.2, -0.15) is 0 Å². The Hall–Kier alpha value is -1.36. The van der Waals surface area contributed by atoms with Crippen molar-refractivity contribution in [3.63, 3.8) is 0 Å². The number of likely N-dealkylation sites (tertiary alicyclic amines) is 1. The first-order valence-electron chi connectivity index (χ1n) is 5.65. The molecule has 0 aliphatic carbocycles. The summed E-state index contributed by atoms with van der Waals surface area (Å²) in [5, 5.41) is 0. The molecule has 1 saturated heterocycles. The number of nitrogen functional groups attached to an aromatic ring is 1. The quantitative estimate of drug-likeness (QED) is 0.792. The molecule has 1 aliphatic heterocycles. The molecule has 1 aliphatic rings. The van der Waals surface area contributed by atoms with E-state index in [4.69, 9.17) is 5.73 Å². The largest absolute Gasteiger partial charge is 0.382 e. The molecular weight excluding hydrogens is 202 g/mol. The van der Waals surface area contributed by atoms with Crippen LogP contribution in [0.25, 0.3) is 0 Å². The second-order valence-electron chi connectivity index (χ2n) is 4.47. The van der Waals surface area contributed by atoms with Crippen LogP contribution in [0.2, 0.25) is 0 Å². The van der Waals surface area contributed by atoms with Crippen LogP contribution in [-0.4, -0.2) is 48.1 Å². The van der Waals surface area contributed by atoms with Crippen molar-refractivity contribution in [2.45, 2.75) is 18.9 Å². The summed E-state index contributed by atoms with van der Waals surface area (Å²) in [6.45, 7) is 2.28. The monoisotopic (exact) mass is 221 g/mol. The van der Waals surface area contributed by atoms with Gasteiger partial charge in [-0.05, 0) is 26.4 Å². The summed E-state index contributed by atoms with van der Waals surface area (Å²) in [7, 11) is 4.23. The van der Waals surface area contributed by atoms with Crippen LogP contribution in [0.3, 0.4) is 0 Å². The number of hydrogen-bond donors (Lipinski definition) is 1. The summed E-state index contributed by atoms with van der Waals surface area (Å²) in [4.78, 5) is 12.9. The van der Waals surface area contributed by atoms with Crippen LogP contribution in [0.1, 0.15) is 12.8 Å². The molecule has 5 heteroatoms. The molecule has 0 radical (unpaired) electrons. The number of anilines is 2. The third kappa shape index (κ3) is 2.41. The number of nitrogens with zero attached hydrogens (tertiary/aromatic N) is 4. The third-order valence-electron chi connectivity index (χ3n) is 3.17. The summed E-state index contributed by atoms with van der Waals surface area (Å²) in [6.07, 6.45) is 5.81. The topological polar surface area (TPSA) is 58.3 Å². The van der Waals surface area contributed by atoms with Gasteiger partial charge in [-0.3, -0.25) is 0 Å². The highest BCUT2D eigenvalue weighted by Gasteiger charge is 2.21. The number of likely N-dealkylation sites (N-methyl/N-ethyl adjacent to an activating group) is 2. The van der Waals surface area contributed by atoms with Crippen molar-refractivity contribution in [1.82, 2.24) is 14.9 Å². The molecular formula is C11H19N5. The molecule has 1 aromatic heterocycles. The molecule has 0 saturated carbocycles. The summed E-state index contributed by atoms with van der Waals surface area (Å²) < 4.78 is 0. The minimum atomic E-state index is 0.470. The standard InChI is InChI=1S/C11H19N5/c1-15-5-3-4-9(8-15)16(2)11-7-13-10(12)6-14-11/h6-7,9H,3-5,8H2,1-2H3,(H2,12,13). The Morgan fingerprint density at radius 3 is 2.88 bits per heavy atom. The Kier molecular flexibility index (Phi) is 3.24. The molecule has 1 atom stereocenters. The fourth-order valence-electron chi connectivity index (χ4n) is 2.16. The van der Waals surface area contributed by atoms with Gasteiger partial charge in [-0.15, -0.1) is 0 Å². The van der Waals surface area contributed by atoms with Crippen LogP contribution < -0.4 is 10.6 Å². The lowest BCUT2D eigenvalue weighted by atomic mass is 10.1. The maximum Gasteiger partial charge on any atom is 0.147 e. The molecule has 2 heterocycles. The number of rotatable bonds is 2. The van der Waals surface area contributed by atoms with Crippen LogP contribution in [0, 0.1) is 0 Å². The van der Waals surface area contributed by atoms with Crippen molar-refractivity contribution in [2.75, 3.05) is 37.8 Å². The zero-order chi connectivity index (χ0) is 11.5. The Morgan fingerprint density at radius 2 is 2.25 bits per heavy atom. The lowest BCUT2D eigenvalue weighted by Crippen LogP contribution is -2.45. The van der Waals surface area contributed by atoms with Crippen molar-refractivity contribution < 1.29 is 0 Å². The van der Waals surface area contributed by atoms with E-state index in [0.29, 0.717) is 11.9 Å². The number of hydrogen-bond acceptors (Lipinski definition) is 5. The number of aromatic nitrogens is 2. The van der Waals surface area contributed by atoms with Crippen molar-refractivity contribution >= 4 is 11.6 Å². The van der Waals surface area contributed by atoms with Gasteiger partial charge in [0.2, 0.25) is 0 Å². The highest BCUT2D eigenvalue weighted by molar-refractivity contribution is 5.39. The molecule has 16 heavy (non-hydrogen) atoms. The van der Waals surface area contributed by atoms with E-state index in [-0.39, 0.29) is 0 Å². The summed E-state index contributed by atoms with van der Waals surface area (Å²) >= 11 is 0. The van der Waals surface area contributed by atoms with Gasteiger partial charge in [0.1, 0.15) is 11.6 Å². The van der Waals surface area contributed by atoms with Gasteiger partial charge in [0, 0.05) is 19.6 Å². The van der Waals surface area contributed by atoms with Crippen molar-refractivity contribution in [2.24, 2.45) is 0 Å². The fraction of sp³-hybridized carbons (Fsp3) is 0.636. The smallest absolute Gasteiger partial charge is 0.147 e. The fourth-order valence-corrected chi connectivity index (χ4v) is 2.16. The van der Waals surface area contributed by atoms with Crippen LogP contribution in [0.15, 0.2) is 12.4 Å². The van der Waals surface area contributed by atoms with Crippen LogP contribution in [0.4, 0.5) is 11.6 Å². The van der Waals surface area contributed by atoms with Crippen LogP contribution >= 0.6 is 0 Å². The molecule has 5 nitrogen and oxygen atoms in total. The average Bonchev–Trinajstić information content (AvgIpc) is 2.29. The molecule has 0 bridgehead atoms. The van der Waals surface area contributed by atoms with Gasteiger partial charge in [0.25, 0.3) is 0 Å². The average molecular weight is 221 g/mol. The van der Waals surface area contributed by atoms with Crippen molar-refractivity contribution in [3.8, 4) is 0 Å². The van der Waals surface area contributed by atoms with E-state index in [1.54, 1.807) is 12.4 Å². The maximum absolute atomic E-state index is 5.53. The van der Waals surface area contributed by atoms with E-state index >= 15 is 0 Å². The first kappa shape index (κ1) is 11.1. The van der Waals surface area contributed by atoms with Gasteiger partial charge in [-0.25, -0.2) is 9.97 Å². The maximum atomic E-state index is 5.53. The summed E-state index contributed by atoms with van der Waals surface area (Å²) in [5.41, 5.74) is 5.53. The Bertz CT molecular complexity index is 337. The normalized spacial score (nSPS) is 22.0. The van der Waals surface area contributed by atoms with Crippen LogP contribution in [-0.2, 0) is 0 Å². The molecule has 2 rings (SSSR count). The lowest BCUT2D eigenvalue weighted by Gasteiger charge is -2.36. The van der Waals surface area contributed by atoms with E-state index < -0.39 is 0 Å². The van der Waals surface area contributed by atoms with E-state index in [0.717, 1.165) is 12.4 Å². The van der Waals surface area contributed by atoms with E-state index in [1.807, 2.05) is 0 Å². The second-order valence-corrected chi connectivity index (χ2v) is 4.47. The van der Waals surface area contributed by atoms with Gasteiger partial charge in [-0.1, -0.05) is 0 Å². The predicted molar refractivity (Wildman–Crippen MR) is 65.4 cm³/mol. The minimum absolute atomic E-state index is 0.470. The molecule has 0 spiro atoms. The molecule has 2 N–H and O–H groups in total.